The van der Waals surface area contributed by atoms with Gasteiger partial charge in [-0.2, -0.15) is 0 Å². The highest BCUT2D eigenvalue weighted by atomic mass is 16.5. The summed E-state index contributed by atoms with van der Waals surface area (Å²) in [7, 11) is 0. The molecule has 0 bridgehead atoms. The zero-order valence-corrected chi connectivity index (χ0v) is 16.1. The lowest BCUT2D eigenvalue weighted by atomic mass is 9.91. The Morgan fingerprint density at radius 3 is 2.79 bits per heavy atom. The summed E-state index contributed by atoms with van der Waals surface area (Å²) in [5, 5.41) is 24.3. The Morgan fingerprint density at radius 2 is 2.07 bits per heavy atom. The van der Waals surface area contributed by atoms with E-state index in [1.165, 1.54) is 11.0 Å². The summed E-state index contributed by atoms with van der Waals surface area (Å²) in [4.78, 5) is 28.8. The molecule has 4 rings (SSSR count). The van der Waals surface area contributed by atoms with Crippen molar-refractivity contribution in [3.63, 3.8) is 0 Å². The van der Waals surface area contributed by atoms with Crippen LogP contribution in [-0.2, 0) is 15.1 Å². The molecule has 0 spiro atoms. The summed E-state index contributed by atoms with van der Waals surface area (Å²) in [5.74, 6) is -0.405. The molecule has 11 nitrogen and oxygen atoms in total. The average Bonchev–Trinajstić information content (AvgIpc) is 3.33. The molecule has 2 fully saturated rings. The maximum absolute atomic E-state index is 13.1. The van der Waals surface area contributed by atoms with Crippen molar-refractivity contribution in [2.24, 2.45) is 0 Å². The van der Waals surface area contributed by atoms with Crippen LogP contribution in [0, 0.1) is 0 Å². The van der Waals surface area contributed by atoms with Crippen LogP contribution >= 0.6 is 0 Å². The summed E-state index contributed by atoms with van der Waals surface area (Å²) < 4.78 is 6.77. The molecule has 1 aromatic heterocycles. The number of hydrogen-bond donors (Lipinski definition) is 2. The highest BCUT2D eigenvalue weighted by Crippen LogP contribution is 2.30. The number of morpholine rings is 1. The van der Waals surface area contributed by atoms with Gasteiger partial charge in [0.1, 0.15) is 11.9 Å². The first-order valence-electron chi connectivity index (χ1n) is 9.43. The number of aromatic nitrogens is 4. The fraction of sp³-hybridized carbons (Fsp3) is 0.500. The van der Waals surface area contributed by atoms with Crippen molar-refractivity contribution in [1.29, 1.82) is 0 Å². The van der Waals surface area contributed by atoms with E-state index in [0.717, 1.165) is 18.0 Å². The number of nitrogens with one attached hydrogen (secondary N) is 1. The number of hydrogen-bond acceptors (Lipinski definition) is 8. The molecule has 3 heterocycles. The quantitative estimate of drug-likeness (QED) is 0.598. The van der Waals surface area contributed by atoms with Gasteiger partial charge in [-0.15, -0.1) is 5.10 Å². The summed E-state index contributed by atoms with van der Waals surface area (Å²) in [6, 6.07) is 6.56. The normalized spacial score (nSPS) is 24.0. The number of amides is 3. The predicted molar refractivity (Wildman–Crippen MR) is 100 cm³/mol. The van der Waals surface area contributed by atoms with E-state index < -0.39 is 23.6 Å². The predicted octanol–water partition coefficient (Wildman–Crippen LogP) is -0.878. The number of nitrogens with zero attached hydrogens (tertiary/aromatic N) is 6. The number of urea groups is 1. The Balaban J connectivity index is 1.49. The molecular weight excluding hydrogens is 378 g/mol. The molecule has 11 heteroatoms. The van der Waals surface area contributed by atoms with E-state index >= 15 is 0 Å². The molecule has 2 N–H and O–H groups in total. The third-order valence-electron chi connectivity index (χ3n) is 5.28. The molecule has 29 heavy (non-hydrogen) atoms. The average molecular weight is 401 g/mol. The summed E-state index contributed by atoms with van der Waals surface area (Å²) in [6.45, 7) is 4.64. The van der Waals surface area contributed by atoms with Crippen LogP contribution in [0.1, 0.15) is 12.5 Å². The first kappa shape index (κ1) is 19.4. The summed E-state index contributed by atoms with van der Waals surface area (Å²) in [5.41, 5.74) is 0.0374. The molecule has 0 radical (unpaired) electrons. The first-order valence-corrected chi connectivity index (χ1v) is 9.43. The number of carbonyl (C=O) groups excluding carboxylic acids is 2. The van der Waals surface area contributed by atoms with Gasteiger partial charge in [0.25, 0.3) is 5.91 Å². The van der Waals surface area contributed by atoms with Gasteiger partial charge in [0.2, 0.25) is 0 Å². The minimum absolute atomic E-state index is 0.0652. The van der Waals surface area contributed by atoms with Crippen molar-refractivity contribution in [2.75, 3.05) is 39.4 Å². The molecule has 2 aromatic rings. The van der Waals surface area contributed by atoms with Crippen LogP contribution in [0.15, 0.2) is 30.6 Å². The van der Waals surface area contributed by atoms with Crippen LogP contribution in [-0.4, -0.2) is 92.5 Å². The number of imide groups is 1. The lowest BCUT2D eigenvalue weighted by molar-refractivity contribution is -0.132. The van der Waals surface area contributed by atoms with Gasteiger partial charge in [0.15, 0.2) is 0 Å². The lowest BCUT2D eigenvalue weighted by Gasteiger charge is -2.29. The molecule has 2 saturated heterocycles. The van der Waals surface area contributed by atoms with Crippen LogP contribution in [0.4, 0.5) is 4.79 Å². The van der Waals surface area contributed by atoms with Gasteiger partial charge in [-0.05, 0) is 35.0 Å². The molecule has 0 unspecified atom stereocenters. The Bertz CT molecular complexity index is 884. The number of carbonyl (C=O) groups is 2. The van der Waals surface area contributed by atoms with Gasteiger partial charge in [0.05, 0.1) is 31.5 Å². The lowest BCUT2D eigenvalue weighted by Crippen LogP contribution is -2.46. The Morgan fingerprint density at radius 1 is 1.28 bits per heavy atom. The standard InChI is InChI=1S/C18H23N7O4/c1-18(13-3-2-4-14(9-13)25-12-19-21-22-25)16(27)24(17(28)20-18)11-15(26)10-23-5-7-29-8-6-23/h2-4,9,12,15,26H,5-8,10-11H2,1H3,(H,20,28)/t15-,18+/m1/s1. The largest absolute Gasteiger partial charge is 0.390 e. The Hall–Kier alpha value is -2.89. The maximum Gasteiger partial charge on any atom is 0.325 e. The second-order valence-corrected chi connectivity index (χ2v) is 7.34. The number of ether oxygens (including phenoxy) is 1. The molecule has 1 aromatic carbocycles. The summed E-state index contributed by atoms with van der Waals surface area (Å²) >= 11 is 0. The molecule has 0 aliphatic carbocycles. The number of aliphatic hydroxyl groups excluding tert-OH is 1. The molecule has 0 saturated carbocycles. The number of aliphatic hydroxyl groups is 1. The van der Waals surface area contributed by atoms with E-state index in [4.69, 9.17) is 4.74 Å². The van der Waals surface area contributed by atoms with Crippen LogP contribution < -0.4 is 5.32 Å². The van der Waals surface area contributed by atoms with Gasteiger partial charge in [-0.1, -0.05) is 12.1 Å². The second kappa shape index (κ2) is 7.85. The Labute approximate surface area is 167 Å². The number of tetrazole rings is 1. The van der Waals surface area contributed by atoms with Crippen LogP contribution in [0.2, 0.25) is 0 Å². The Kier molecular flexibility index (Phi) is 5.26. The van der Waals surface area contributed by atoms with E-state index in [1.807, 2.05) is 0 Å². The molecule has 3 amide bonds. The van der Waals surface area contributed by atoms with Crippen molar-refractivity contribution in [3.05, 3.63) is 36.2 Å². The van der Waals surface area contributed by atoms with Crippen molar-refractivity contribution in [2.45, 2.75) is 18.6 Å². The highest BCUT2D eigenvalue weighted by Gasteiger charge is 2.49. The number of benzene rings is 1. The van der Waals surface area contributed by atoms with Crippen LogP contribution in [0.5, 0.6) is 0 Å². The van der Waals surface area contributed by atoms with Gasteiger partial charge < -0.3 is 15.2 Å². The van der Waals surface area contributed by atoms with Crippen molar-refractivity contribution in [3.8, 4) is 5.69 Å². The van der Waals surface area contributed by atoms with Crippen molar-refractivity contribution >= 4 is 11.9 Å². The smallest absolute Gasteiger partial charge is 0.325 e. The third kappa shape index (κ3) is 3.84. The maximum atomic E-state index is 13.1. The van der Waals surface area contributed by atoms with Crippen LogP contribution in [0.25, 0.3) is 5.69 Å². The zero-order valence-electron chi connectivity index (χ0n) is 16.1. The molecule has 2 atom stereocenters. The molecular formula is C18H23N7O4. The third-order valence-corrected chi connectivity index (χ3v) is 5.28. The van der Waals surface area contributed by atoms with Crippen molar-refractivity contribution in [1.82, 2.24) is 35.3 Å². The molecule has 154 valence electrons. The minimum Gasteiger partial charge on any atom is -0.390 e. The zero-order chi connectivity index (χ0) is 20.4. The van der Waals surface area contributed by atoms with Crippen molar-refractivity contribution < 1.29 is 19.4 Å². The van der Waals surface area contributed by atoms with Crippen LogP contribution in [0.3, 0.4) is 0 Å². The molecule has 2 aliphatic heterocycles. The van der Waals surface area contributed by atoms with Gasteiger partial charge in [0, 0.05) is 19.6 Å². The van der Waals surface area contributed by atoms with E-state index in [2.05, 4.69) is 25.7 Å². The van der Waals surface area contributed by atoms with E-state index in [-0.39, 0.29) is 6.54 Å². The first-order chi connectivity index (χ1) is 14.0. The SMILES string of the molecule is C[C@@]1(c2cccc(-n3cnnn3)c2)NC(=O)N(C[C@H](O)CN2CCOCC2)C1=O. The summed E-state index contributed by atoms with van der Waals surface area (Å²) in [6.07, 6.45) is 0.614. The minimum atomic E-state index is -1.24. The fourth-order valence-corrected chi connectivity index (χ4v) is 3.65. The topological polar surface area (TPSA) is 126 Å². The van der Waals surface area contributed by atoms with E-state index in [1.54, 1.807) is 31.2 Å². The van der Waals surface area contributed by atoms with Gasteiger partial charge in [-0.3, -0.25) is 14.6 Å². The van der Waals surface area contributed by atoms with Gasteiger partial charge in [-0.25, -0.2) is 9.48 Å². The number of rotatable bonds is 6. The number of β-amino-alcohol motifs (C(OH)–C–C–N with tert-alkyl or cyclic N) is 1. The molecule has 2 aliphatic rings. The van der Waals surface area contributed by atoms with Gasteiger partial charge >= 0.3 is 6.03 Å². The highest BCUT2D eigenvalue weighted by molar-refractivity contribution is 6.07. The van der Waals surface area contributed by atoms with E-state index in [0.29, 0.717) is 31.0 Å². The fourth-order valence-electron chi connectivity index (χ4n) is 3.65. The van der Waals surface area contributed by atoms with E-state index in [9.17, 15) is 14.7 Å². The second-order valence-electron chi connectivity index (χ2n) is 7.34. The monoisotopic (exact) mass is 401 g/mol.